The van der Waals surface area contributed by atoms with E-state index in [1.54, 1.807) is 20.8 Å². The Bertz CT molecular complexity index is 713. The van der Waals surface area contributed by atoms with Gasteiger partial charge in [0.15, 0.2) is 0 Å². The number of anilines is 1. The molecule has 8 heteroatoms. The molecule has 1 aromatic carbocycles. The number of carbonyl (C=O) groups is 3. The second-order valence-corrected chi connectivity index (χ2v) is 8.21. The van der Waals surface area contributed by atoms with Crippen LogP contribution >= 0.6 is 0 Å². The zero-order valence-electron chi connectivity index (χ0n) is 18.1. The Balaban J connectivity index is 3.26. The number of alkyl carbamates (subject to hydrolysis) is 1. The van der Waals surface area contributed by atoms with Crippen molar-refractivity contribution in [2.75, 3.05) is 12.0 Å². The largest absolute Gasteiger partial charge is 0.467 e. The molecule has 1 N–H and O–H groups in total. The SMILES string of the molecule is COC(=O)[C@H](C)N(C(=O)[C@H](CC(C)C)NC(=O)OC(C)(C)C)c1ccc(F)cc1. The van der Waals surface area contributed by atoms with Gasteiger partial charge < -0.3 is 14.8 Å². The van der Waals surface area contributed by atoms with Crippen LogP contribution in [0.5, 0.6) is 0 Å². The molecule has 0 fully saturated rings. The topological polar surface area (TPSA) is 84.9 Å². The van der Waals surface area contributed by atoms with Gasteiger partial charge in [0.2, 0.25) is 5.91 Å². The minimum absolute atomic E-state index is 0.0717. The number of amides is 2. The summed E-state index contributed by atoms with van der Waals surface area (Å²) in [5.41, 5.74) is -0.417. The first-order chi connectivity index (χ1) is 13.4. The van der Waals surface area contributed by atoms with Gasteiger partial charge in [0.1, 0.15) is 23.5 Å². The Kier molecular flexibility index (Phi) is 8.60. The van der Waals surface area contributed by atoms with Gasteiger partial charge in [0.05, 0.1) is 7.11 Å². The molecule has 0 heterocycles. The third-order valence-corrected chi connectivity index (χ3v) is 3.97. The molecule has 29 heavy (non-hydrogen) atoms. The number of methoxy groups -OCH3 is 1. The highest BCUT2D eigenvalue weighted by molar-refractivity contribution is 6.03. The summed E-state index contributed by atoms with van der Waals surface area (Å²) in [5, 5.41) is 2.60. The van der Waals surface area contributed by atoms with Crippen LogP contribution in [0.3, 0.4) is 0 Å². The number of nitrogens with zero attached hydrogens (tertiary/aromatic N) is 1. The molecular formula is C21H31FN2O5. The van der Waals surface area contributed by atoms with Gasteiger partial charge in [-0.1, -0.05) is 13.8 Å². The van der Waals surface area contributed by atoms with Crippen LogP contribution < -0.4 is 10.2 Å². The van der Waals surface area contributed by atoms with Crippen LogP contribution in [0.2, 0.25) is 0 Å². The lowest BCUT2D eigenvalue weighted by Crippen LogP contribution is -2.54. The van der Waals surface area contributed by atoms with Crippen LogP contribution in [0.1, 0.15) is 48.0 Å². The number of hydrogen-bond acceptors (Lipinski definition) is 5. The monoisotopic (exact) mass is 410 g/mol. The number of esters is 1. The Hall–Kier alpha value is -2.64. The van der Waals surface area contributed by atoms with E-state index in [0.717, 1.165) is 0 Å². The molecule has 0 unspecified atom stereocenters. The average Bonchev–Trinajstić information content (AvgIpc) is 2.60. The fourth-order valence-electron chi connectivity index (χ4n) is 2.73. The maximum Gasteiger partial charge on any atom is 0.408 e. The predicted octanol–water partition coefficient (Wildman–Crippen LogP) is 3.66. The molecule has 2 atom stereocenters. The van der Waals surface area contributed by atoms with Crippen LogP contribution in [0.4, 0.5) is 14.9 Å². The highest BCUT2D eigenvalue weighted by atomic mass is 19.1. The van der Waals surface area contributed by atoms with Crippen molar-refractivity contribution >= 4 is 23.7 Å². The summed E-state index contributed by atoms with van der Waals surface area (Å²) in [5.74, 6) is -1.56. The van der Waals surface area contributed by atoms with Gasteiger partial charge in [-0.2, -0.15) is 0 Å². The van der Waals surface area contributed by atoms with Gasteiger partial charge in [-0.05, 0) is 64.3 Å². The molecule has 162 valence electrons. The van der Waals surface area contributed by atoms with Gasteiger partial charge in [0.25, 0.3) is 0 Å². The number of carbonyl (C=O) groups excluding carboxylic acids is 3. The molecule has 0 saturated heterocycles. The van der Waals surface area contributed by atoms with Crippen molar-refractivity contribution in [1.82, 2.24) is 5.32 Å². The zero-order chi connectivity index (χ0) is 22.4. The Labute approximate surface area is 171 Å². The van der Waals surface area contributed by atoms with Gasteiger partial charge in [-0.3, -0.25) is 9.69 Å². The number of nitrogens with one attached hydrogen (secondary N) is 1. The second kappa shape index (κ2) is 10.2. The molecule has 0 aliphatic rings. The summed E-state index contributed by atoms with van der Waals surface area (Å²) >= 11 is 0. The van der Waals surface area contributed by atoms with Crippen molar-refractivity contribution < 1.29 is 28.2 Å². The smallest absolute Gasteiger partial charge is 0.408 e. The standard InChI is InChI=1S/C21H31FN2O5/c1-13(2)12-17(23-20(27)29-21(4,5)6)18(25)24(14(3)19(26)28-7)16-10-8-15(22)9-11-16/h8-11,13-14,17H,12H2,1-7H3,(H,23,27)/t14-,17-/m0/s1. The second-order valence-electron chi connectivity index (χ2n) is 8.21. The Morgan fingerprint density at radius 2 is 1.66 bits per heavy atom. The van der Waals surface area contributed by atoms with E-state index >= 15 is 0 Å². The maximum atomic E-state index is 13.4. The van der Waals surface area contributed by atoms with Crippen LogP contribution in [-0.4, -0.2) is 42.8 Å². The number of benzene rings is 1. The molecular weight excluding hydrogens is 379 g/mol. The minimum Gasteiger partial charge on any atom is -0.467 e. The first-order valence-corrected chi connectivity index (χ1v) is 9.51. The summed E-state index contributed by atoms with van der Waals surface area (Å²) in [6.45, 7) is 10.5. The molecule has 0 aromatic heterocycles. The van der Waals surface area contributed by atoms with Crippen molar-refractivity contribution in [2.45, 2.75) is 65.6 Å². The fraction of sp³-hybridized carbons (Fsp3) is 0.571. The molecule has 0 aliphatic heterocycles. The maximum absolute atomic E-state index is 13.4. The van der Waals surface area contributed by atoms with E-state index in [2.05, 4.69) is 5.32 Å². The van der Waals surface area contributed by atoms with Crippen LogP contribution in [0.15, 0.2) is 24.3 Å². The van der Waals surface area contributed by atoms with E-state index < -0.39 is 41.5 Å². The number of halogens is 1. The van der Waals surface area contributed by atoms with Crippen LogP contribution in [0, 0.1) is 11.7 Å². The highest BCUT2D eigenvalue weighted by Gasteiger charge is 2.35. The summed E-state index contributed by atoms with van der Waals surface area (Å²) in [7, 11) is 1.22. The number of ether oxygens (including phenoxy) is 2. The summed E-state index contributed by atoms with van der Waals surface area (Å²) in [6, 6.07) is 3.26. The van der Waals surface area contributed by atoms with Gasteiger partial charge in [-0.15, -0.1) is 0 Å². The lowest BCUT2D eigenvalue weighted by molar-refractivity contribution is -0.143. The van der Waals surface area contributed by atoms with E-state index in [4.69, 9.17) is 9.47 Å². The first kappa shape index (κ1) is 24.4. The molecule has 1 rings (SSSR count). The minimum atomic E-state index is -0.979. The predicted molar refractivity (Wildman–Crippen MR) is 108 cm³/mol. The normalized spacial score (nSPS) is 13.4. The first-order valence-electron chi connectivity index (χ1n) is 9.51. The van der Waals surface area contributed by atoms with Gasteiger partial charge in [-0.25, -0.2) is 14.0 Å². The zero-order valence-corrected chi connectivity index (χ0v) is 18.1. The van der Waals surface area contributed by atoms with Gasteiger partial charge in [0, 0.05) is 5.69 Å². The van der Waals surface area contributed by atoms with E-state index in [1.807, 2.05) is 13.8 Å². The molecule has 0 aliphatic carbocycles. The number of hydrogen-bond donors (Lipinski definition) is 1. The molecule has 0 bridgehead atoms. The molecule has 0 spiro atoms. The molecule has 7 nitrogen and oxygen atoms in total. The van der Waals surface area contributed by atoms with E-state index in [-0.39, 0.29) is 5.92 Å². The number of rotatable bonds is 7. The molecule has 1 aromatic rings. The molecule has 2 amide bonds. The van der Waals surface area contributed by atoms with E-state index in [0.29, 0.717) is 12.1 Å². The lowest BCUT2D eigenvalue weighted by atomic mass is 10.0. The van der Waals surface area contributed by atoms with Gasteiger partial charge >= 0.3 is 12.1 Å². The molecule has 0 radical (unpaired) electrons. The van der Waals surface area contributed by atoms with Crippen molar-refractivity contribution in [3.8, 4) is 0 Å². The summed E-state index contributed by atoms with van der Waals surface area (Å²) in [4.78, 5) is 39.0. The van der Waals surface area contributed by atoms with Crippen LogP contribution in [-0.2, 0) is 19.1 Å². The van der Waals surface area contributed by atoms with Crippen molar-refractivity contribution in [2.24, 2.45) is 5.92 Å². The van der Waals surface area contributed by atoms with Crippen LogP contribution in [0.25, 0.3) is 0 Å². The van der Waals surface area contributed by atoms with E-state index in [9.17, 15) is 18.8 Å². The summed E-state index contributed by atoms with van der Waals surface area (Å²) in [6.07, 6.45) is -0.412. The Morgan fingerprint density at radius 1 is 1.10 bits per heavy atom. The third kappa shape index (κ3) is 7.71. The summed E-state index contributed by atoms with van der Waals surface area (Å²) < 4.78 is 23.4. The van der Waals surface area contributed by atoms with Crippen molar-refractivity contribution in [3.05, 3.63) is 30.1 Å². The van der Waals surface area contributed by atoms with Crippen molar-refractivity contribution in [3.63, 3.8) is 0 Å². The third-order valence-electron chi connectivity index (χ3n) is 3.97. The highest BCUT2D eigenvalue weighted by Crippen LogP contribution is 2.22. The Morgan fingerprint density at radius 3 is 2.10 bits per heavy atom. The fourth-order valence-corrected chi connectivity index (χ4v) is 2.73. The lowest BCUT2D eigenvalue weighted by Gasteiger charge is -2.32. The quantitative estimate of drug-likeness (QED) is 0.694. The molecule has 0 saturated carbocycles. The average molecular weight is 410 g/mol. The van der Waals surface area contributed by atoms with E-state index in [1.165, 1.54) is 43.2 Å². The van der Waals surface area contributed by atoms with Crippen molar-refractivity contribution in [1.29, 1.82) is 0 Å².